The standard InChI is InChI=1S/C11H12F2N2O3/c12-7-2-1-6(8(13)3-7)5-15-11(18)9(14)4-10(16)17/h1-3,9H,4-5,14H2,(H,15,18)(H,16,17). The lowest BCUT2D eigenvalue weighted by Crippen LogP contribution is -2.41. The molecule has 5 nitrogen and oxygen atoms in total. The Morgan fingerprint density at radius 3 is 2.61 bits per heavy atom. The van der Waals surface area contributed by atoms with Crippen LogP contribution in [0.15, 0.2) is 18.2 Å². The van der Waals surface area contributed by atoms with Gasteiger partial charge in [-0.3, -0.25) is 9.59 Å². The monoisotopic (exact) mass is 258 g/mol. The van der Waals surface area contributed by atoms with Crippen molar-refractivity contribution in [3.05, 3.63) is 35.4 Å². The number of carboxylic acid groups (broad SMARTS) is 1. The zero-order chi connectivity index (χ0) is 13.7. The largest absolute Gasteiger partial charge is 0.481 e. The van der Waals surface area contributed by atoms with Crippen molar-refractivity contribution in [3.63, 3.8) is 0 Å². The van der Waals surface area contributed by atoms with Crippen molar-refractivity contribution in [1.82, 2.24) is 5.32 Å². The Kier molecular flexibility index (Phi) is 4.73. The van der Waals surface area contributed by atoms with Crippen LogP contribution in [-0.2, 0) is 16.1 Å². The third-order valence-electron chi connectivity index (χ3n) is 2.20. The van der Waals surface area contributed by atoms with E-state index in [2.05, 4.69) is 5.32 Å². The van der Waals surface area contributed by atoms with Crippen LogP contribution in [0.25, 0.3) is 0 Å². The Balaban J connectivity index is 2.54. The fourth-order valence-corrected chi connectivity index (χ4v) is 1.26. The van der Waals surface area contributed by atoms with Gasteiger partial charge in [-0.15, -0.1) is 0 Å². The van der Waals surface area contributed by atoms with Gasteiger partial charge in [0.05, 0.1) is 12.5 Å². The van der Waals surface area contributed by atoms with E-state index in [4.69, 9.17) is 10.8 Å². The van der Waals surface area contributed by atoms with E-state index in [1.807, 2.05) is 0 Å². The first-order chi connectivity index (χ1) is 8.40. The highest BCUT2D eigenvalue weighted by Crippen LogP contribution is 2.09. The number of nitrogens with one attached hydrogen (secondary N) is 1. The summed E-state index contributed by atoms with van der Waals surface area (Å²) in [5.74, 6) is -3.42. The van der Waals surface area contributed by atoms with Crippen LogP contribution in [0.3, 0.4) is 0 Å². The average Bonchev–Trinajstić information content (AvgIpc) is 2.26. The molecule has 0 aliphatic rings. The van der Waals surface area contributed by atoms with Crippen LogP contribution >= 0.6 is 0 Å². The topological polar surface area (TPSA) is 92.4 Å². The molecule has 4 N–H and O–H groups in total. The van der Waals surface area contributed by atoms with E-state index in [1.54, 1.807) is 0 Å². The summed E-state index contributed by atoms with van der Waals surface area (Å²) in [7, 11) is 0. The fraction of sp³-hybridized carbons (Fsp3) is 0.273. The molecular formula is C11H12F2N2O3. The van der Waals surface area contributed by atoms with Gasteiger partial charge < -0.3 is 16.2 Å². The van der Waals surface area contributed by atoms with Gasteiger partial charge in [0.2, 0.25) is 5.91 Å². The van der Waals surface area contributed by atoms with Gasteiger partial charge >= 0.3 is 5.97 Å². The first-order valence-corrected chi connectivity index (χ1v) is 5.09. The molecule has 0 bridgehead atoms. The highest BCUT2D eigenvalue weighted by Gasteiger charge is 2.17. The minimum Gasteiger partial charge on any atom is -0.481 e. The number of benzene rings is 1. The fourth-order valence-electron chi connectivity index (χ4n) is 1.26. The lowest BCUT2D eigenvalue weighted by Gasteiger charge is -2.10. The van der Waals surface area contributed by atoms with Gasteiger partial charge in [-0.05, 0) is 6.07 Å². The quantitative estimate of drug-likeness (QED) is 0.712. The second kappa shape index (κ2) is 6.06. The van der Waals surface area contributed by atoms with Crippen LogP contribution in [-0.4, -0.2) is 23.0 Å². The molecule has 1 aromatic rings. The number of carbonyl (C=O) groups is 2. The molecule has 0 aromatic heterocycles. The molecule has 18 heavy (non-hydrogen) atoms. The third-order valence-corrected chi connectivity index (χ3v) is 2.20. The predicted octanol–water partition coefficient (Wildman–Crippen LogP) is 0.383. The van der Waals surface area contributed by atoms with Gasteiger partial charge in [0.15, 0.2) is 0 Å². The molecule has 1 aromatic carbocycles. The molecule has 1 rings (SSSR count). The number of amides is 1. The lowest BCUT2D eigenvalue weighted by atomic mass is 10.2. The Morgan fingerprint density at radius 1 is 1.39 bits per heavy atom. The van der Waals surface area contributed by atoms with Crippen LogP contribution in [0.4, 0.5) is 8.78 Å². The first-order valence-electron chi connectivity index (χ1n) is 5.09. The van der Waals surface area contributed by atoms with E-state index < -0.39 is 36.0 Å². The normalized spacial score (nSPS) is 11.9. The molecule has 98 valence electrons. The summed E-state index contributed by atoms with van der Waals surface area (Å²) in [6, 6.07) is 1.74. The highest BCUT2D eigenvalue weighted by atomic mass is 19.1. The van der Waals surface area contributed by atoms with Crippen LogP contribution in [0, 0.1) is 11.6 Å². The van der Waals surface area contributed by atoms with Gasteiger partial charge in [0.1, 0.15) is 11.6 Å². The maximum absolute atomic E-state index is 13.2. The second-order valence-corrected chi connectivity index (χ2v) is 3.66. The number of carbonyl (C=O) groups excluding carboxylic acids is 1. The summed E-state index contributed by atoms with van der Waals surface area (Å²) >= 11 is 0. The number of halogens is 2. The SMILES string of the molecule is NC(CC(=O)O)C(=O)NCc1ccc(F)cc1F. The minimum absolute atomic E-state index is 0.0901. The van der Waals surface area contributed by atoms with Gasteiger partial charge in [0.25, 0.3) is 0 Å². The van der Waals surface area contributed by atoms with Crippen molar-refractivity contribution in [3.8, 4) is 0 Å². The number of hydrogen-bond acceptors (Lipinski definition) is 3. The van der Waals surface area contributed by atoms with Crippen LogP contribution in [0.5, 0.6) is 0 Å². The molecule has 0 heterocycles. The summed E-state index contributed by atoms with van der Waals surface area (Å²) in [5.41, 5.74) is 5.39. The maximum Gasteiger partial charge on any atom is 0.305 e. The highest BCUT2D eigenvalue weighted by molar-refractivity contribution is 5.85. The maximum atomic E-state index is 13.2. The predicted molar refractivity (Wildman–Crippen MR) is 58.4 cm³/mol. The number of carboxylic acids is 1. The molecule has 0 saturated carbocycles. The van der Waals surface area contributed by atoms with Gasteiger partial charge in [-0.25, -0.2) is 8.78 Å². The average molecular weight is 258 g/mol. The molecule has 0 aliphatic heterocycles. The Morgan fingerprint density at radius 2 is 2.06 bits per heavy atom. The van der Waals surface area contributed by atoms with Crippen LogP contribution in [0.1, 0.15) is 12.0 Å². The molecule has 0 fully saturated rings. The summed E-state index contributed by atoms with van der Waals surface area (Å²) in [5, 5.41) is 10.7. The smallest absolute Gasteiger partial charge is 0.305 e. The number of hydrogen-bond donors (Lipinski definition) is 3. The first kappa shape index (κ1) is 14.0. The zero-order valence-electron chi connectivity index (χ0n) is 9.32. The van der Waals surface area contributed by atoms with Crippen molar-refractivity contribution >= 4 is 11.9 Å². The third kappa shape index (κ3) is 4.10. The van der Waals surface area contributed by atoms with Crippen molar-refractivity contribution in [1.29, 1.82) is 0 Å². The van der Waals surface area contributed by atoms with Crippen LogP contribution < -0.4 is 11.1 Å². The second-order valence-electron chi connectivity index (χ2n) is 3.66. The Bertz CT molecular complexity index is 466. The molecule has 1 unspecified atom stereocenters. The van der Waals surface area contributed by atoms with Gasteiger partial charge in [0, 0.05) is 18.2 Å². The van der Waals surface area contributed by atoms with Crippen molar-refractivity contribution < 1.29 is 23.5 Å². The lowest BCUT2D eigenvalue weighted by molar-refractivity contribution is -0.139. The zero-order valence-corrected chi connectivity index (χ0v) is 9.32. The summed E-state index contributed by atoms with van der Waals surface area (Å²) in [6.07, 6.45) is -0.516. The van der Waals surface area contributed by atoms with Crippen molar-refractivity contribution in [2.24, 2.45) is 5.73 Å². The molecule has 0 aliphatic carbocycles. The minimum atomic E-state index is -1.20. The molecule has 7 heteroatoms. The van der Waals surface area contributed by atoms with Gasteiger partial charge in [-0.2, -0.15) is 0 Å². The van der Waals surface area contributed by atoms with Gasteiger partial charge in [-0.1, -0.05) is 6.07 Å². The van der Waals surface area contributed by atoms with E-state index in [-0.39, 0.29) is 12.1 Å². The van der Waals surface area contributed by atoms with E-state index in [0.717, 1.165) is 6.07 Å². The molecule has 0 spiro atoms. The molecule has 0 radical (unpaired) electrons. The van der Waals surface area contributed by atoms with Crippen LogP contribution in [0.2, 0.25) is 0 Å². The van der Waals surface area contributed by atoms with E-state index in [1.165, 1.54) is 6.07 Å². The Hall–Kier alpha value is -2.02. The van der Waals surface area contributed by atoms with E-state index in [9.17, 15) is 18.4 Å². The molecule has 1 amide bonds. The summed E-state index contributed by atoms with van der Waals surface area (Å²) < 4.78 is 25.8. The van der Waals surface area contributed by atoms with Crippen molar-refractivity contribution in [2.75, 3.05) is 0 Å². The summed E-state index contributed by atoms with van der Waals surface area (Å²) in [4.78, 5) is 21.7. The number of nitrogens with two attached hydrogens (primary N) is 1. The molecular weight excluding hydrogens is 246 g/mol. The van der Waals surface area contributed by atoms with Crippen molar-refractivity contribution in [2.45, 2.75) is 19.0 Å². The number of aliphatic carboxylic acids is 1. The number of rotatable bonds is 5. The van der Waals surface area contributed by atoms with E-state index >= 15 is 0 Å². The summed E-state index contributed by atoms with van der Waals surface area (Å²) in [6.45, 7) is -0.182. The molecule has 0 saturated heterocycles. The molecule has 1 atom stereocenters. The Labute approximate surface area is 102 Å². The van der Waals surface area contributed by atoms with E-state index in [0.29, 0.717) is 6.07 Å².